The van der Waals surface area contributed by atoms with Gasteiger partial charge in [-0.15, -0.1) is 0 Å². The number of nitrogens with one attached hydrogen (secondary N) is 2. The quantitative estimate of drug-likeness (QED) is 0.683. The minimum absolute atomic E-state index is 0.0198. The summed E-state index contributed by atoms with van der Waals surface area (Å²) < 4.78 is 5.07. The van der Waals surface area contributed by atoms with E-state index in [1.54, 1.807) is 18.2 Å². The summed E-state index contributed by atoms with van der Waals surface area (Å²) >= 11 is 0. The van der Waals surface area contributed by atoms with Crippen LogP contribution < -0.4 is 21.1 Å². The van der Waals surface area contributed by atoms with Gasteiger partial charge in [-0.2, -0.15) is 0 Å². The number of anilines is 1. The summed E-state index contributed by atoms with van der Waals surface area (Å²) in [6, 6.07) is 4.88. The number of methoxy groups -OCH3 is 1. The number of amides is 2. The summed E-state index contributed by atoms with van der Waals surface area (Å²) in [7, 11) is 1.53. The van der Waals surface area contributed by atoms with E-state index in [0.717, 1.165) is 0 Å². The standard InChI is InChI=1S/C13H17N3O3/c1-19-9-3-4-11(14)10(6-9)13(18)16-8-2-5-12(17)15-7-8/h3-4,6,8H,2,5,7,14H2,1H3,(H,15,17)(H,16,18). The summed E-state index contributed by atoms with van der Waals surface area (Å²) in [6.07, 6.45) is 1.07. The van der Waals surface area contributed by atoms with Crippen molar-refractivity contribution < 1.29 is 14.3 Å². The van der Waals surface area contributed by atoms with Crippen molar-refractivity contribution in [3.05, 3.63) is 23.8 Å². The number of nitrogens with two attached hydrogens (primary N) is 1. The number of piperidine rings is 1. The highest BCUT2D eigenvalue weighted by Gasteiger charge is 2.21. The lowest BCUT2D eigenvalue weighted by molar-refractivity contribution is -0.122. The predicted molar refractivity (Wildman–Crippen MR) is 70.9 cm³/mol. The molecule has 102 valence electrons. The van der Waals surface area contributed by atoms with Crippen molar-refractivity contribution in [2.45, 2.75) is 18.9 Å². The molecule has 1 atom stereocenters. The van der Waals surface area contributed by atoms with Gasteiger partial charge in [0.05, 0.1) is 12.7 Å². The number of hydrogen-bond donors (Lipinski definition) is 3. The number of hydrogen-bond acceptors (Lipinski definition) is 4. The number of rotatable bonds is 3. The van der Waals surface area contributed by atoms with E-state index in [2.05, 4.69) is 10.6 Å². The second-order valence-corrected chi connectivity index (χ2v) is 4.47. The molecule has 0 bridgehead atoms. The second-order valence-electron chi connectivity index (χ2n) is 4.47. The second kappa shape index (κ2) is 5.60. The zero-order valence-electron chi connectivity index (χ0n) is 10.7. The smallest absolute Gasteiger partial charge is 0.253 e. The molecule has 4 N–H and O–H groups in total. The molecule has 2 amide bonds. The Morgan fingerprint density at radius 3 is 2.95 bits per heavy atom. The van der Waals surface area contributed by atoms with E-state index in [9.17, 15) is 9.59 Å². The zero-order chi connectivity index (χ0) is 13.8. The molecule has 6 nitrogen and oxygen atoms in total. The lowest BCUT2D eigenvalue weighted by atomic mass is 10.1. The Balaban J connectivity index is 2.05. The van der Waals surface area contributed by atoms with Crippen LogP contribution in [0.5, 0.6) is 5.75 Å². The van der Waals surface area contributed by atoms with Gasteiger partial charge in [-0.1, -0.05) is 0 Å². The van der Waals surface area contributed by atoms with Gasteiger partial charge in [-0.05, 0) is 24.6 Å². The molecule has 0 radical (unpaired) electrons. The fraction of sp³-hybridized carbons (Fsp3) is 0.385. The maximum Gasteiger partial charge on any atom is 0.253 e. The van der Waals surface area contributed by atoms with Crippen molar-refractivity contribution in [3.8, 4) is 5.75 Å². The molecule has 1 aromatic rings. The van der Waals surface area contributed by atoms with Crippen LogP contribution in [0.15, 0.2) is 18.2 Å². The molecule has 0 aromatic heterocycles. The molecule has 1 heterocycles. The summed E-state index contributed by atoms with van der Waals surface area (Å²) in [4.78, 5) is 23.2. The summed E-state index contributed by atoms with van der Waals surface area (Å²) in [5.74, 6) is 0.347. The third kappa shape index (κ3) is 3.15. The van der Waals surface area contributed by atoms with Crippen molar-refractivity contribution >= 4 is 17.5 Å². The Labute approximate surface area is 111 Å². The minimum Gasteiger partial charge on any atom is -0.497 e. The van der Waals surface area contributed by atoms with Gasteiger partial charge in [0.15, 0.2) is 0 Å². The summed E-state index contributed by atoms with van der Waals surface area (Å²) in [5.41, 5.74) is 6.57. The molecule has 1 aliphatic rings. The first-order valence-electron chi connectivity index (χ1n) is 6.11. The predicted octanol–water partition coefficient (Wildman–Crippen LogP) is 0.286. The van der Waals surface area contributed by atoms with Crippen molar-refractivity contribution in [2.75, 3.05) is 19.4 Å². The number of carbonyl (C=O) groups is 2. The van der Waals surface area contributed by atoms with E-state index < -0.39 is 0 Å². The molecule has 2 rings (SSSR count). The molecule has 0 aliphatic carbocycles. The molecule has 1 aliphatic heterocycles. The van der Waals surface area contributed by atoms with E-state index in [0.29, 0.717) is 36.4 Å². The van der Waals surface area contributed by atoms with E-state index in [-0.39, 0.29) is 17.9 Å². The molecule has 0 saturated carbocycles. The average Bonchev–Trinajstić information content (AvgIpc) is 2.42. The Kier molecular flexibility index (Phi) is 3.89. The van der Waals surface area contributed by atoms with Crippen LogP contribution in [-0.4, -0.2) is 31.5 Å². The van der Waals surface area contributed by atoms with Crippen LogP contribution in [0.25, 0.3) is 0 Å². The first-order chi connectivity index (χ1) is 9.10. The molecule has 19 heavy (non-hydrogen) atoms. The third-order valence-electron chi connectivity index (χ3n) is 3.11. The van der Waals surface area contributed by atoms with Crippen molar-refractivity contribution in [3.63, 3.8) is 0 Å². The van der Waals surface area contributed by atoms with Gasteiger partial charge in [-0.25, -0.2) is 0 Å². The van der Waals surface area contributed by atoms with Crippen molar-refractivity contribution in [2.24, 2.45) is 0 Å². The average molecular weight is 263 g/mol. The highest BCUT2D eigenvalue weighted by molar-refractivity contribution is 5.99. The van der Waals surface area contributed by atoms with Gasteiger partial charge in [0.2, 0.25) is 5.91 Å². The molecule has 1 unspecified atom stereocenters. The van der Waals surface area contributed by atoms with Crippen LogP contribution in [0.3, 0.4) is 0 Å². The van der Waals surface area contributed by atoms with Crippen LogP contribution in [0.2, 0.25) is 0 Å². The fourth-order valence-corrected chi connectivity index (χ4v) is 1.98. The SMILES string of the molecule is COc1ccc(N)c(C(=O)NC2CCC(=O)NC2)c1. The van der Waals surface area contributed by atoms with Crippen molar-refractivity contribution in [1.82, 2.24) is 10.6 Å². The maximum absolute atomic E-state index is 12.1. The largest absolute Gasteiger partial charge is 0.497 e. The Morgan fingerprint density at radius 2 is 2.32 bits per heavy atom. The lowest BCUT2D eigenvalue weighted by Crippen LogP contribution is -2.47. The van der Waals surface area contributed by atoms with E-state index in [1.807, 2.05) is 0 Å². The molecule has 1 aromatic carbocycles. The van der Waals surface area contributed by atoms with Crippen LogP contribution in [0, 0.1) is 0 Å². The Hall–Kier alpha value is -2.24. The highest BCUT2D eigenvalue weighted by atomic mass is 16.5. The fourth-order valence-electron chi connectivity index (χ4n) is 1.98. The summed E-state index contributed by atoms with van der Waals surface area (Å²) in [5, 5.41) is 5.58. The van der Waals surface area contributed by atoms with E-state index in [1.165, 1.54) is 7.11 Å². The zero-order valence-corrected chi connectivity index (χ0v) is 10.7. The van der Waals surface area contributed by atoms with Crippen molar-refractivity contribution in [1.29, 1.82) is 0 Å². The highest BCUT2D eigenvalue weighted by Crippen LogP contribution is 2.19. The van der Waals surface area contributed by atoms with Gasteiger partial charge in [-0.3, -0.25) is 9.59 Å². The third-order valence-corrected chi connectivity index (χ3v) is 3.11. The molecule has 6 heteroatoms. The number of carbonyl (C=O) groups excluding carboxylic acids is 2. The van der Waals surface area contributed by atoms with E-state index >= 15 is 0 Å². The topological polar surface area (TPSA) is 93.4 Å². The van der Waals surface area contributed by atoms with Gasteiger partial charge >= 0.3 is 0 Å². The number of benzene rings is 1. The Morgan fingerprint density at radius 1 is 1.53 bits per heavy atom. The molecule has 1 fully saturated rings. The van der Waals surface area contributed by atoms with Gasteiger partial charge in [0.25, 0.3) is 5.91 Å². The first-order valence-corrected chi connectivity index (χ1v) is 6.11. The molecular formula is C13H17N3O3. The van der Waals surface area contributed by atoms with Crippen LogP contribution in [-0.2, 0) is 4.79 Å². The number of nitrogen functional groups attached to an aromatic ring is 1. The molecular weight excluding hydrogens is 246 g/mol. The van der Waals surface area contributed by atoms with Gasteiger partial charge in [0.1, 0.15) is 5.75 Å². The lowest BCUT2D eigenvalue weighted by Gasteiger charge is -2.23. The van der Waals surface area contributed by atoms with Crippen LogP contribution in [0.1, 0.15) is 23.2 Å². The van der Waals surface area contributed by atoms with Gasteiger partial charge < -0.3 is 21.1 Å². The molecule has 1 saturated heterocycles. The minimum atomic E-state index is -0.252. The van der Waals surface area contributed by atoms with Gasteiger partial charge in [0, 0.05) is 24.7 Å². The van der Waals surface area contributed by atoms with E-state index in [4.69, 9.17) is 10.5 Å². The molecule has 0 spiro atoms. The van der Waals surface area contributed by atoms with Crippen LogP contribution >= 0.6 is 0 Å². The maximum atomic E-state index is 12.1. The van der Waals surface area contributed by atoms with Crippen LogP contribution in [0.4, 0.5) is 5.69 Å². The number of ether oxygens (including phenoxy) is 1. The first kappa shape index (κ1) is 13.2. The normalized spacial score (nSPS) is 18.6. The Bertz CT molecular complexity index is 492. The monoisotopic (exact) mass is 263 g/mol. The summed E-state index contributed by atoms with van der Waals surface area (Å²) in [6.45, 7) is 0.453.